The predicted octanol–water partition coefficient (Wildman–Crippen LogP) is 3.02. The average Bonchev–Trinajstić information content (AvgIpc) is 3.23. The molecule has 3 rings (SSSR count). The highest BCUT2D eigenvalue weighted by Gasteiger charge is 2.18. The van der Waals surface area contributed by atoms with E-state index < -0.39 is 17.4 Å². The normalized spacial score (nSPS) is 11.1. The first-order valence-electron chi connectivity index (χ1n) is 8.40. The van der Waals surface area contributed by atoms with Crippen molar-refractivity contribution in [2.75, 3.05) is 12.0 Å². The van der Waals surface area contributed by atoms with Crippen LogP contribution in [0.5, 0.6) is 5.75 Å². The second-order valence-corrected chi connectivity index (χ2v) is 5.77. The maximum absolute atomic E-state index is 14.3. The first-order valence-corrected chi connectivity index (χ1v) is 8.40. The highest BCUT2D eigenvalue weighted by atomic mass is 19.1. The monoisotopic (exact) mass is 380 g/mol. The van der Waals surface area contributed by atoms with Gasteiger partial charge in [0.1, 0.15) is 11.6 Å². The van der Waals surface area contributed by atoms with Gasteiger partial charge in [-0.1, -0.05) is 18.2 Å². The Labute approximate surface area is 160 Å². The fourth-order valence-corrected chi connectivity index (χ4v) is 2.35. The largest absolute Gasteiger partial charge is 0.485 e. The van der Waals surface area contributed by atoms with Crippen molar-refractivity contribution in [3.63, 3.8) is 0 Å². The van der Waals surface area contributed by atoms with Crippen molar-refractivity contribution in [3.8, 4) is 11.4 Å². The zero-order valence-corrected chi connectivity index (χ0v) is 15.0. The molecule has 142 valence electrons. The van der Waals surface area contributed by atoms with Crippen molar-refractivity contribution in [1.29, 1.82) is 0 Å². The Morgan fingerprint density at radius 3 is 2.61 bits per heavy atom. The lowest BCUT2D eigenvalue weighted by atomic mass is 10.2. The predicted molar refractivity (Wildman–Crippen MR) is 102 cm³/mol. The number of para-hydroxylation sites is 1. The van der Waals surface area contributed by atoms with Crippen LogP contribution in [0.2, 0.25) is 0 Å². The summed E-state index contributed by atoms with van der Waals surface area (Å²) >= 11 is 0. The molecule has 0 amide bonds. The van der Waals surface area contributed by atoms with E-state index in [2.05, 4.69) is 15.6 Å². The van der Waals surface area contributed by atoms with Crippen LogP contribution in [-0.4, -0.2) is 33.7 Å². The molecule has 0 aliphatic carbocycles. The molecule has 1 heterocycles. The number of halogens is 1. The molecular formula is C20H17FN4O3. The number of anilines is 1. The van der Waals surface area contributed by atoms with Crippen LogP contribution in [0, 0.1) is 5.82 Å². The number of nitrogens with zero attached hydrogens (tertiary/aromatic N) is 3. The van der Waals surface area contributed by atoms with Gasteiger partial charge in [-0.2, -0.15) is 10.2 Å². The van der Waals surface area contributed by atoms with E-state index in [1.165, 1.54) is 23.7 Å². The molecule has 0 fully saturated rings. The third-order valence-electron chi connectivity index (χ3n) is 3.72. The first-order chi connectivity index (χ1) is 13.5. The summed E-state index contributed by atoms with van der Waals surface area (Å²) in [5, 5.41) is 7.81. The number of benzene rings is 2. The van der Waals surface area contributed by atoms with Gasteiger partial charge in [-0.15, -0.1) is 0 Å². The SMILES string of the molecule is CC(=O)C(=NNc1ccc(-n2cccn2)cc1F)C(=O)COc1ccccc1. The molecule has 28 heavy (non-hydrogen) atoms. The number of hydrogen-bond donors (Lipinski definition) is 1. The van der Waals surface area contributed by atoms with Gasteiger partial charge in [0, 0.05) is 25.4 Å². The van der Waals surface area contributed by atoms with E-state index in [-0.39, 0.29) is 18.0 Å². The summed E-state index contributed by atoms with van der Waals surface area (Å²) in [4.78, 5) is 24.0. The van der Waals surface area contributed by atoms with E-state index in [0.717, 1.165) is 0 Å². The van der Waals surface area contributed by atoms with Gasteiger partial charge in [0.25, 0.3) is 0 Å². The Hall–Kier alpha value is -3.81. The van der Waals surface area contributed by atoms with Crippen molar-refractivity contribution in [3.05, 3.63) is 72.8 Å². The molecule has 0 spiro atoms. The molecule has 0 aliphatic heterocycles. The molecule has 0 aliphatic rings. The molecular weight excluding hydrogens is 363 g/mol. The first kappa shape index (κ1) is 19.0. The number of aromatic nitrogens is 2. The third kappa shape index (κ3) is 4.67. The lowest BCUT2D eigenvalue weighted by Crippen LogP contribution is -2.28. The fraction of sp³-hybridized carbons (Fsp3) is 0.100. The Bertz CT molecular complexity index is 1000. The molecule has 0 radical (unpaired) electrons. The minimum absolute atomic E-state index is 0.0198. The van der Waals surface area contributed by atoms with Gasteiger partial charge in [0.2, 0.25) is 5.78 Å². The number of rotatable bonds is 8. The van der Waals surface area contributed by atoms with Gasteiger partial charge in [-0.05, 0) is 30.3 Å². The fourth-order valence-electron chi connectivity index (χ4n) is 2.35. The van der Waals surface area contributed by atoms with E-state index in [1.807, 2.05) is 6.07 Å². The van der Waals surface area contributed by atoms with Gasteiger partial charge in [0.05, 0.1) is 11.4 Å². The molecule has 2 aromatic carbocycles. The molecule has 0 bridgehead atoms. The van der Waals surface area contributed by atoms with Gasteiger partial charge >= 0.3 is 0 Å². The van der Waals surface area contributed by atoms with Crippen LogP contribution in [0.15, 0.2) is 72.1 Å². The molecule has 0 atom stereocenters. The molecule has 0 saturated heterocycles. The number of carbonyl (C=O) groups is 2. The van der Waals surface area contributed by atoms with E-state index >= 15 is 0 Å². The second kappa shape index (κ2) is 8.72. The quantitative estimate of drug-likeness (QED) is 0.369. The van der Waals surface area contributed by atoms with Gasteiger partial charge < -0.3 is 4.74 Å². The summed E-state index contributed by atoms with van der Waals surface area (Å²) in [6, 6.07) is 14.8. The highest BCUT2D eigenvalue weighted by Crippen LogP contribution is 2.18. The number of hydrogen-bond acceptors (Lipinski definition) is 6. The molecule has 1 N–H and O–H groups in total. The smallest absolute Gasteiger partial charge is 0.223 e. The maximum Gasteiger partial charge on any atom is 0.223 e. The van der Waals surface area contributed by atoms with Crippen LogP contribution in [0.3, 0.4) is 0 Å². The minimum Gasteiger partial charge on any atom is -0.485 e. The van der Waals surface area contributed by atoms with Crippen molar-refractivity contribution < 1.29 is 18.7 Å². The van der Waals surface area contributed by atoms with Gasteiger partial charge in [0.15, 0.2) is 18.1 Å². The minimum atomic E-state index is -0.613. The van der Waals surface area contributed by atoms with Crippen LogP contribution in [-0.2, 0) is 9.59 Å². The number of carbonyl (C=O) groups excluding carboxylic acids is 2. The number of ether oxygens (including phenoxy) is 1. The summed E-state index contributed by atoms with van der Waals surface area (Å²) in [6.07, 6.45) is 3.26. The summed E-state index contributed by atoms with van der Waals surface area (Å²) in [6.45, 7) is 0.850. The lowest BCUT2D eigenvalue weighted by molar-refractivity contribution is -0.117. The van der Waals surface area contributed by atoms with E-state index in [9.17, 15) is 14.0 Å². The molecule has 0 saturated carbocycles. The molecule has 7 nitrogen and oxygen atoms in total. The Morgan fingerprint density at radius 2 is 1.96 bits per heavy atom. The Kier molecular flexibility index (Phi) is 5.91. The third-order valence-corrected chi connectivity index (χ3v) is 3.72. The lowest BCUT2D eigenvalue weighted by Gasteiger charge is -2.08. The molecule has 1 aromatic heterocycles. The van der Waals surface area contributed by atoms with Crippen LogP contribution >= 0.6 is 0 Å². The highest BCUT2D eigenvalue weighted by molar-refractivity contribution is 6.66. The number of ketones is 2. The van der Waals surface area contributed by atoms with Crippen LogP contribution < -0.4 is 10.2 Å². The molecule has 8 heteroatoms. The zero-order chi connectivity index (χ0) is 19.9. The second-order valence-electron chi connectivity index (χ2n) is 5.77. The van der Waals surface area contributed by atoms with Crippen molar-refractivity contribution in [1.82, 2.24) is 9.78 Å². The number of nitrogens with one attached hydrogen (secondary N) is 1. The average molecular weight is 380 g/mol. The van der Waals surface area contributed by atoms with E-state index in [0.29, 0.717) is 11.4 Å². The summed E-state index contributed by atoms with van der Waals surface area (Å²) in [5.41, 5.74) is 2.62. The zero-order valence-electron chi connectivity index (χ0n) is 15.0. The van der Waals surface area contributed by atoms with Crippen LogP contribution in [0.25, 0.3) is 5.69 Å². The summed E-state index contributed by atoms with van der Waals surface area (Å²) in [7, 11) is 0. The summed E-state index contributed by atoms with van der Waals surface area (Å²) in [5.74, 6) is -1.28. The van der Waals surface area contributed by atoms with E-state index in [1.54, 1.807) is 48.8 Å². The van der Waals surface area contributed by atoms with Crippen LogP contribution in [0.1, 0.15) is 6.92 Å². The van der Waals surface area contributed by atoms with Crippen molar-refractivity contribution in [2.24, 2.45) is 5.10 Å². The maximum atomic E-state index is 14.3. The number of Topliss-reactive ketones (excluding diaryl/α,β-unsaturated/α-hetero) is 2. The molecule has 0 unspecified atom stereocenters. The van der Waals surface area contributed by atoms with Crippen molar-refractivity contribution >= 4 is 23.0 Å². The van der Waals surface area contributed by atoms with Crippen LogP contribution in [0.4, 0.5) is 10.1 Å². The summed E-state index contributed by atoms with van der Waals surface area (Å²) < 4.78 is 21.1. The number of hydrazone groups is 1. The molecule has 3 aromatic rings. The van der Waals surface area contributed by atoms with Gasteiger partial charge in [-0.3, -0.25) is 15.0 Å². The topological polar surface area (TPSA) is 85.6 Å². The van der Waals surface area contributed by atoms with E-state index in [4.69, 9.17) is 4.74 Å². The van der Waals surface area contributed by atoms with Crippen molar-refractivity contribution in [2.45, 2.75) is 6.92 Å². The Balaban J connectivity index is 1.70. The standard InChI is InChI=1S/C20H17FN4O3/c1-14(26)20(19(27)13-28-16-6-3-2-4-7-16)24-23-18-9-8-15(12-17(18)21)25-11-5-10-22-25/h2-12,23H,13H2,1H3. The Morgan fingerprint density at radius 1 is 1.18 bits per heavy atom. The van der Waals surface area contributed by atoms with Gasteiger partial charge in [-0.25, -0.2) is 9.07 Å².